The molecule has 1 aliphatic rings. The van der Waals surface area contributed by atoms with Crippen molar-refractivity contribution in [3.63, 3.8) is 0 Å². The number of carbonyl (C=O) groups excluding carboxylic acids is 2. The molecule has 1 atom stereocenters. The van der Waals surface area contributed by atoms with Gasteiger partial charge in [0.05, 0.1) is 5.02 Å². The first kappa shape index (κ1) is 19.9. The number of thiazole rings is 1. The number of aromatic nitrogens is 2. The van der Waals surface area contributed by atoms with Crippen molar-refractivity contribution in [2.45, 2.75) is 18.9 Å². The van der Waals surface area contributed by atoms with E-state index in [0.717, 1.165) is 36.8 Å². The van der Waals surface area contributed by atoms with Crippen LogP contribution in [0.2, 0.25) is 5.02 Å². The van der Waals surface area contributed by atoms with Crippen molar-refractivity contribution >= 4 is 45.7 Å². The Labute approximate surface area is 177 Å². The van der Waals surface area contributed by atoms with Crippen molar-refractivity contribution in [1.29, 1.82) is 0 Å². The number of benzene rings is 1. The van der Waals surface area contributed by atoms with Crippen LogP contribution in [0.25, 0.3) is 10.9 Å². The van der Waals surface area contributed by atoms with Gasteiger partial charge in [-0.1, -0.05) is 17.7 Å². The fourth-order valence-corrected chi connectivity index (χ4v) is 4.40. The van der Waals surface area contributed by atoms with Crippen LogP contribution >= 0.6 is 22.9 Å². The summed E-state index contributed by atoms with van der Waals surface area (Å²) in [5.41, 5.74) is 1.22. The van der Waals surface area contributed by atoms with E-state index in [9.17, 15) is 9.59 Å². The monoisotopic (exact) mass is 431 g/mol. The van der Waals surface area contributed by atoms with E-state index in [-0.39, 0.29) is 11.8 Å². The van der Waals surface area contributed by atoms with Crippen LogP contribution in [0.15, 0.2) is 36.0 Å². The number of fused-ring (bicyclic) bond motifs is 1. The Bertz CT molecular complexity index is 998. The van der Waals surface area contributed by atoms with Crippen LogP contribution in [0.4, 0.5) is 0 Å². The maximum Gasteiger partial charge on any atom is 0.252 e. The summed E-state index contributed by atoms with van der Waals surface area (Å²) in [5, 5.41) is 12.9. The highest BCUT2D eigenvalue weighted by molar-refractivity contribution is 7.09. The molecule has 7 nitrogen and oxygen atoms in total. The number of amides is 2. The molecule has 0 bridgehead atoms. The van der Waals surface area contributed by atoms with Crippen LogP contribution in [0.5, 0.6) is 0 Å². The van der Waals surface area contributed by atoms with Crippen molar-refractivity contribution in [3.8, 4) is 0 Å². The topological polar surface area (TPSA) is 98.9 Å². The van der Waals surface area contributed by atoms with E-state index in [4.69, 9.17) is 11.6 Å². The number of rotatable bonds is 6. The number of nitrogens with one attached hydrogen (secondary N) is 4. The summed E-state index contributed by atoms with van der Waals surface area (Å²) in [4.78, 5) is 33.0. The van der Waals surface area contributed by atoms with E-state index in [0.29, 0.717) is 28.1 Å². The highest BCUT2D eigenvalue weighted by Crippen LogP contribution is 2.24. The van der Waals surface area contributed by atoms with E-state index >= 15 is 0 Å². The molecule has 1 unspecified atom stereocenters. The van der Waals surface area contributed by atoms with Gasteiger partial charge in [-0.3, -0.25) is 9.59 Å². The summed E-state index contributed by atoms with van der Waals surface area (Å²) in [7, 11) is 0. The van der Waals surface area contributed by atoms with E-state index in [1.54, 1.807) is 36.0 Å². The minimum Gasteiger partial charge on any atom is -0.360 e. The lowest BCUT2D eigenvalue weighted by Gasteiger charge is -2.24. The molecule has 2 amide bonds. The zero-order valence-electron chi connectivity index (χ0n) is 15.7. The van der Waals surface area contributed by atoms with Gasteiger partial charge in [0.25, 0.3) is 5.91 Å². The van der Waals surface area contributed by atoms with Gasteiger partial charge in [0.15, 0.2) is 6.04 Å². The molecule has 1 aliphatic heterocycles. The van der Waals surface area contributed by atoms with Gasteiger partial charge >= 0.3 is 0 Å². The molecule has 29 heavy (non-hydrogen) atoms. The molecule has 0 saturated carbocycles. The average Bonchev–Trinajstić information content (AvgIpc) is 3.41. The smallest absolute Gasteiger partial charge is 0.252 e. The van der Waals surface area contributed by atoms with Crippen LogP contribution < -0.4 is 16.0 Å². The Kier molecular flexibility index (Phi) is 6.13. The van der Waals surface area contributed by atoms with Gasteiger partial charge < -0.3 is 20.9 Å². The van der Waals surface area contributed by atoms with Crippen LogP contribution in [0.1, 0.15) is 34.2 Å². The predicted molar refractivity (Wildman–Crippen MR) is 114 cm³/mol. The fraction of sp³-hybridized carbons (Fsp3) is 0.350. The second kappa shape index (κ2) is 8.94. The summed E-state index contributed by atoms with van der Waals surface area (Å²) in [6, 6.07) is 4.39. The van der Waals surface area contributed by atoms with Gasteiger partial charge in [-0.25, -0.2) is 4.98 Å². The zero-order chi connectivity index (χ0) is 20.2. The molecule has 9 heteroatoms. The quantitative estimate of drug-likeness (QED) is 0.482. The average molecular weight is 432 g/mol. The SMILES string of the molecule is O=C(NC(C(=O)NCC1CCNCC1)c1nccs1)c1ccc2c(Cl)c[nH]c2c1. The highest BCUT2D eigenvalue weighted by Gasteiger charge is 2.26. The van der Waals surface area contributed by atoms with E-state index < -0.39 is 6.04 Å². The summed E-state index contributed by atoms with van der Waals surface area (Å²) >= 11 is 7.44. The molecule has 0 aliphatic carbocycles. The third kappa shape index (κ3) is 4.60. The molecule has 4 N–H and O–H groups in total. The molecular weight excluding hydrogens is 410 g/mol. The molecule has 3 heterocycles. The number of H-pyrrole nitrogens is 1. The number of hydrogen-bond acceptors (Lipinski definition) is 5. The van der Waals surface area contributed by atoms with Gasteiger partial charge in [-0.05, 0) is 44.0 Å². The summed E-state index contributed by atoms with van der Waals surface area (Å²) < 4.78 is 0. The third-order valence-electron chi connectivity index (χ3n) is 5.15. The third-order valence-corrected chi connectivity index (χ3v) is 6.31. The van der Waals surface area contributed by atoms with Gasteiger partial charge in [0.1, 0.15) is 5.01 Å². The Morgan fingerprint density at radius 2 is 2.14 bits per heavy atom. The summed E-state index contributed by atoms with van der Waals surface area (Å²) in [5.74, 6) is -0.126. The van der Waals surface area contributed by atoms with Crippen LogP contribution in [0, 0.1) is 5.92 Å². The number of piperidine rings is 1. The standard InChI is InChI=1S/C20H22ClN5O2S/c21-15-11-24-16-9-13(1-2-14(15)16)18(27)26-17(20-23-7-8-29-20)19(28)25-10-12-3-5-22-6-4-12/h1-2,7-9,11-12,17,22,24H,3-6,10H2,(H,25,28)(H,26,27). The summed E-state index contributed by atoms with van der Waals surface area (Å²) in [6.07, 6.45) is 5.38. The highest BCUT2D eigenvalue weighted by atomic mass is 35.5. The second-order valence-electron chi connectivity index (χ2n) is 7.11. The molecular formula is C20H22ClN5O2S. The fourth-order valence-electron chi connectivity index (χ4n) is 3.50. The lowest BCUT2D eigenvalue weighted by molar-refractivity contribution is -0.123. The lowest BCUT2D eigenvalue weighted by Crippen LogP contribution is -2.43. The second-order valence-corrected chi connectivity index (χ2v) is 8.45. The molecule has 4 rings (SSSR count). The Morgan fingerprint density at radius 3 is 2.90 bits per heavy atom. The maximum absolute atomic E-state index is 12.9. The molecule has 1 saturated heterocycles. The maximum atomic E-state index is 12.9. The van der Waals surface area contributed by atoms with Crippen molar-refractivity contribution in [2.24, 2.45) is 5.92 Å². The number of aromatic amines is 1. The first-order chi connectivity index (χ1) is 14.1. The van der Waals surface area contributed by atoms with Crippen molar-refractivity contribution < 1.29 is 9.59 Å². The van der Waals surface area contributed by atoms with Crippen molar-refractivity contribution in [3.05, 3.63) is 51.6 Å². The number of hydrogen-bond donors (Lipinski definition) is 4. The van der Waals surface area contributed by atoms with E-state index in [1.165, 1.54) is 11.3 Å². The van der Waals surface area contributed by atoms with Crippen LogP contribution in [-0.2, 0) is 4.79 Å². The van der Waals surface area contributed by atoms with Gasteiger partial charge in [0.2, 0.25) is 5.91 Å². The molecule has 1 aromatic carbocycles. The molecule has 0 radical (unpaired) electrons. The minimum atomic E-state index is -0.827. The largest absolute Gasteiger partial charge is 0.360 e. The Balaban J connectivity index is 1.47. The molecule has 3 aromatic rings. The van der Waals surface area contributed by atoms with Crippen LogP contribution in [-0.4, -0.2) is 41.4 Å². The lowest BCUT2D eigenvalue weighted by atomic mass is 9.98. The Morgan fingerprint density at radius 1 is 1.31 bits per heavy atom. The van der Waals surface area contributed by atoms with E-state index in [1.807, 2.05) is 0 Å². The van der Waals surface area contributed by atoms with Crippen molar-refractivity contribution in [1.82, 2.24) is 25.9 Å². The number of nitrogens with zero attached hydrogens (tertiary/aromatic N) is 1. The molecule has 152 valence electrons. The molecule has 2 aromatic heterocycles. The Hall–Kier alpha value is -2.42. The van der Waals surface area contributed by atoms with Gasteiger partial charge in [-0.15, -0.1) is 11.3 Å². The minimum absolute atomic E-state index is 0.240. The van der Waals surface area contributed by atoms with Gasteiger partial charge in [0, 0.05) is 40.8 Å². The predicted octanol–water partition coefficient (Wildman–Crippen LogP) is 2.86. The van der Waals surface area contributed by atoms with E-state index in [2.05, 4.69) is 25.9 Å². The molecule has 1 fully saturated rings. The normalized spacial score (nSPS) is 15.9. The molecule has 0 spiro atoms. The van der Waals surface area contributed by atoms with Crippen molar-refractivity contribution in [2.75, 3.05) is 19.6 Å². The number of halogens is 1. The van der Waals surface area contributed by atoms with Gasteiger partial charge in [-0.2, -0.15) is 0 Å². The summed E-state index contributed by atoms with van der Waals surface area (Å²) in [6.45, 7) is 2.54. The van der Waals surface area contributed by atoms with Crippen LogP contribution in [0.3, 0.4) is 0 Å². The first-order valence-electron chi connectivity index (χ1n) is 9.57. The number of carbonyl (C=O) groups is 2. The zero-order valence-corrected chi connectivity index (χ0v) is 17.3. The first-order valence-corrected chi connectivity index (χ1v) is 10.8.